The Kier molecular flexibility index (Phi) is 15.4. The van der Waals surface area contributed by atoms with Gasteiger partial charge >= 0.3 is 5.97 Å². The van der Waals surface area contributed by atoms with E-state index < -0.39 is 0 Å². The second-order valence-corrected chi connectivity index (χ2v) is 7.50. The van der Waals surface area contributed by atoms with E-state index in [0.717, 1.165) is 0 Å². The number of ether oxygens (including phenoxy) is 5. The topological polar surface area (TPSA) is 80.3 Å². The van der Waals surface area contributed by atoms with E-state index >= 15 is 0 Å². The van der Waals surface area contributed by atoms with Crippen LogP contribution in [0.1, 0.15) is 53.9 Å². The molecular weight excluding hydrogens is 352 g/mol. The Morgan fingerprint density at radius 3 is 1.70 bits per heavy atom. The van der Waals surface area contributed by atoms with Crippen LogP contribution >= 0.6 is 0 Å². The third-order valence-electron chi connectivity index (χ3n) is 3.53. The Morgan fingerprint density at radius 1 is 0.741 bits per heavy atom. The first kappa shape index (κ1) is 26.0. The Labute approximate surface area is 164 Å². The van der Waals surface area contributed by atoms with Gasteiger partial charge in [0.25, 0.3) is 0 Å². The Hall–Kier alpha value is -1.02. The molecule has 0 saturated heterocycles. The summed E-state index contributed by atoms with van der Waals surface area (Å²) in [6.07, 6.45) is 1.41. The van der Waals surface area contributed by atoms with Gasteiger partial charge in [-0.05, 0) is 20.3 Å². The van der Waals surface area contributed by atoms with E-state index in [4.69, 9.17) is 23.7 Å². The van der Waals surface area contributed by atoms with Crippen molar-refractivity contribution in [3.63, 3.8) is 0 Å². The van der Waals surface area contributed by atoms with E-state index in [9.17, 15) is 9.59 Å². The van der Waals surface area contributed by atoms with E-state index in [1.165, 1.54) is 0 Å². The van der Waals surface area contributed by atoms with Crippen LogP contribution in [0.4, 0.5) is 0 Å². The first-order valence-corrected chi connectivity index (χ1v) is 9.77. The smallest absolute Gasteiger partial charge is 0.305 e. The SMILES string of the molecule is CC(C)OCCOCCOCCOCCOC(=O)CCCC(=O)C(C)(C)C. The van der Waals surface area contributed by atoms with Gasteiger partial charge in [0, 0.05) is 18.3 Å². The summed E-state index contributed by atoms with van der Waals surface area (Å²) in [7, 11) is 0. The fourth-order valence-electron chi connectivity index (χ4n) is 1.94. The number of carbonyl (C=O) groups is 2. The number of carbonyl (C=O) groups excluding carboxylic acids is 2. The molecule has 27 heavy (non-hydrogen) atoms. The minimum absolute atomic E-state index is 0.160. The predicted octanol–water partition coefficient (Wildman–Crippen LogP) is 2.79. The van der Waals surface area contributed by atoms with Gasteiger partial charge in [-0.2, -0.15) is 0 Å². The van der Waals surface area contributed by atoms with Gasteiger partial charge in [0.2, 0.25) is 0 Å². The fraction of sp³-hybridized carbons (Fsp3) is 0.900. The van der Waals surface area contributed by atoms with Gasteiger partial charge in [0.05, 0.1) is 52.4 Å². The molecule has 0 aliphatic carbocycles. The molecule has 0 N–H and O–H groups in total. The molecule has 0 aromatic heterocycles. The zero-order chi connectivity index (χ0) is 20.5. The van der Waals surface area contributed by atoms with Gasteiger partial charge in [0.1, 0.15) is 12.4 Å². The van der Waals surface area contributed by atoms with Gasteiger partial charge in [-0.15, -0.1) is 0 Å². The summed E-state index contributed by atoms with van der Waals surface area (Å²) in [4.78, 5) is 23.3. The largest absolute Gasteiger partial charge is 0.463 e. The highest BCUT2D eigenvalue weighted by Crippen LogP contribution is 2.18. The highest BCUT2D eigenvalue weighted by atomic mass is 16.6. The first-order chi connectivity index (χ1) is 12.7. The minimum atomic E-state index is -0.353. The zero-order valence-electron chi connectivity index (χ0n) is 17.7. The first-order valence-electron chi connectivity index (χ1n) is 9.77. The molecule has 0 aliphatic rings. The van der Waals surface area contributed by atoms with E-state index in [1.54, 1.807) is 0 Å². The van der Waals surface area contributed by atoms with Crippen LogP contribution in [0.2, 0.25) is 0 Å². The number of hydrogen-bond acceptors (Lipinski definition) is 7. The minimum Gasteiger partial charge on any atom is -0.463 e. The summed E-state index contributed by atoms with van der Waals surface area (Å²) in [5.74, 6) is -0.136. The molecule has 7 nitrogen and oxygen atoms in total. The second-order valence-electron chi connectivity index (χ2n) is 7.50. The standard InChI is InChI=1S/C20H38O7/c1-17(2)26-15-13-24-11-9-23-10-12-25-14-16-27-19(22)8-6-7-18(21)20(3,4)5/h17H,6-16H2,1-5H3. The van der Waals surface area contributed by atoms with Crippen LogP contribution in [0.5, 0.6) is 0 Å². The lowest BCUT2D eigenvalue weighted by atomic mass is 9.88. The average Bonchev–Trinajstić information content (AvgIpc) is 2.57. The number of Topliss-reactive ketones (excluding diaryl/α,β-unsaturated/α-hetero) is 1. The van der Waals surface area contributed by atoms with Gasteiger partial charge in [-0.3, -0.25) is 9.59 Å². The van der Waals surface area contributed by atoms with Crippen molar-refractivity contribution in [1.82, 2.24) is 0 Å². The quantitative estimate of drug-likeness (QED) is 0.279. The molecule has 7 heteroatoms. The Balaban J connectivity index is 3.30. The average molecular weight is 391 g/mol. The molecule has 160 valence electrons. The van der Waals surface area contributed by atoms with Crippen LogP contribution in [-0.2, 0) is 33.3 Å². The predicted molar refractivity (Wildman–Crippen MR) is 103 cm³/mol. The van der Waals surface area contributed by atoms with E-state index in [-0.39, 0.29) is 36.3 Å². The third-order valence-corrected chi connectivity index (χ3v) is 3.53. The maximum absolute atomic E-state index is 11.7. The van der Waals surface area contributed by atoms with Gasteiger partial charge in [0.15, 0.2) is 0 Å². The van der Waals surface area contributed by atoms with E-state index in [2.05, 4.69) is 0 Å². The van der Waals surface area contributed by atoms with Crippen LogP contribution in [0.15, 0.2) is 0 Å². The van der Waals surface area contributed by atoms with Crippen LogP contribution in [0, 0.1) is 5.41 Å². The zero-order valence-corrected chi connectivity index (χ0v) is 17.7. The molecule has 0 atom stereocenters. The van der Waals surface area contributed by atoms with Crippen LogP contribution in [0.25, 0.3) is 0 Å². The molecule has 0 aliphatic heterocycles. The van der Waals surface area contributed by atoms with Crippen molar-refractivity contribution in [2.75, 3.05) is 52.9 Å². The molecule has 0 bridgehead atoms. The van der Waals surface area contributed by atoms with Crippen molar-refractivity contribution in [1.29, 1.82) is 0 Å². The maximum Gasteiger partial charge on any atom is 0.305 e. The summed E-state index contributed by atoms with van der Waals surface area (Å²) in [5.41, 5.74) is -0.353. The van der Waals surface area contributed by atoms with Gasteiger partial charge in [-0.1, -0.05) is 20.8 Å². The van der Waals surface area contributed by atoms with Crippen molar-refractivity contribution < 1.29 is 33.3 Å². The van der Waals surface area contributed by atoms with Crippen molar-refractivity contribution in [3.05, 3.63) is 0 Å². The maximum atomic E-state index is 11.7. The Morgan fingerprint density at radius 2 is 1.22 bits per heavy atom. The lowest BCUT2D eigenvalue weighted by Crippen LogP contribution is -2.20. The highest BCUT2D eigenvalue weighted by Gasteiger charge is 2.20. The number of ketones is 1. The van der Waals surface area contributed by atoms with Crippen molar-refractivity contribution in [2.24, 2.45) is 5.41 Å². The molecule has 0 aromatic rings. The molecule has 0 radical (unpaired) electrons. The monoisotopic (exact) mass is 390 g/mol. The lowest BCUT2D eigenvalue weighted by Gasteiger charge is -2.15. The molecule has 0 fully saturated rings. The number of hydrogen-bond donors (Lipinski definition) is 0. The van der Waals surface area contributed by atoms with E-state index in [0.29, 0.717) is 59.1 Å². The Bertz CT molecular complexity index is 388. The van der Waals surface area contributed by atoms with Gasteiger partial charge < -0.3 is 23.7 Å². The van der Waals surface area contributed by atoms with Gasteiger partial charge in [-0.25, -0.2) is 0 Å². The molecular formula is C20H38O7. The summed E-state index contributed by atoms with van der Waals surface area (Å²) < 4.78 is 26.4. The molecule has 0 heterocycles. The molecule has 0 unspecified atom stereocenters. The van der Waals surface area contributed by atoms with Crippen molar-refractivity contribution in [2.45, 2.75) is 60.0 Å². The van der Waals surface area contributed by atoms with Crippen LogP contribution < -0.4 is 0 Å². The van der Waals surface area contributed by atoms with E-state index in [1.807, 2.05) is 34.6 Å². The number of rotatable bonds is 17. The molecule has 0 aromatic carbocycles. The summed E-state index contributed by atoms with van der Waals surface area (Å²) >= 11 is 0. The molecule has 0 amide bonds. The molecule has 0 saturated carbocycles. The van der Waals surface area contributed by atoms with Crippen molar-refractivity contribution in [3.8, 4) is 0 Å². The summed E-state index contributed by atoms with van der Waals surface area (Å²) in [5, 5.41) is 0. The molecule has 0 spiro atoms. The van der Waals surface area contributed by atoms with Crippen molar-refractivity contribution >= 4 is 11.8 Å². The summed E-state index contributed by atoms with van der Waals surface area (Å²) in [6.45, 7) is 13.2. The number of esters is 1. The normalized spacial score (nSPS) is 11.8. The highest BCUT2D eigenvalue weighted by molar-refractivity contribution is 5.84. The van der Waals surface area contributed by atoms with Crippen LogP contribution in [0.3, 0.4) is 0 Å². The lowest BCUT2D eigenvalue weighted by molar-refractivity contribution is -0.145. The molecule has 0 rings (SSSR count). The summed E-state index contributed by atoms with van der Waals surface area (Å²) in [6, 6.07) is 0. The fourth-order valence-corrected chi connectivity index (χ4v) is 1.94. The third kappa shape index (κ3) is 18.1. The van der Waals surface area contributed by atoms with Crippen LogP contribution in [-0.4, -0.2) is 70.7 Å². The second kappa shape index (κ2) is 16.0.